The lowest BCUT2D eigenvalue weighted by molar-refractivity contribution is -0.125. The lowest BCUT2D eigenvalue weighted by atomic mass is 9.95. The Morgan fingerprint density at radius 3 is 2.66 bits per heavy atom. The highest BCUT2D eigenvalue weighted by Gasteiger charge is 2.26. The number of carbonyl (C=O) groups excluding carboxylic acids is 1. The van der Waals surface area contributed by atoms with E-state index in [9.17, 15) is 4.79 Å². The summed E-state index contributed by atoms with van der Waals surface area (Å²) in [5.74, 6) is 1.03. The third-order valence-electron chi connectivity index (χ3n) is 5.96. The van der Waals surface area contributed by atoms with Gasteiger partial charge in [0.1, 0.15) is 5.52 Å². The maximum absolute atomic E-state index is 12.7. The van der Waals surface area contributed by atoms with Crippen LogP contribution in [0.15, 0.2) is 73.1 Å². The van der Waals surface area contributed by atoms with Gasteiger partial charge in [-0.2, -0.15) is 5.10 Å². The van der Waals surface area contributed by atoms with E-state index in [1.165, 1.54) is 0 Å². The van der Waals surface area contributed by atoms with Crippen LogP contribution in [0.5, 0.6) is 0 Å². The van der Waals surface area contributed by atoms with E-state index in [0.717, 1.165) is 54.1 Å². The summed E-state index contributed by atoms with van der Waals surface area (Å²) in [4.78, 5) is 19.6. The minimum atomic E-state index is 0.00922. The van der Waals surface area contributed by atoms with Crippen molar-refractivity contribution >= 4 is 28.8 Å². The average Bonchev–Trinajstić information content (AvgIpc) is 3.28. The second-order valence-electron chi connectivity index (χ2n) is 8.09. The van der Waals surface area contributed by atoms with Crippen LogP contribution in [0, 0.1) is 5.92 Å². The van der Waals surface area contributed by atoms with Crippen LogP contribution in [-0.2, 0) is 11.3 Å². The lowest BCUT2D eigenvalue weighted by Gasteiger charge is -2.32. The molecule has 0 aliphatic carbocycles. The normalized spacial score (nSPS) is 14.6. The number of carbonyl (C=O) groups is 1. The molecule has 3 heterocycles. The molecule has 1 aliphatic rings. The SMILES string of the molecule is O=C(NCc1cccc(Cl)c1)C1CCN(c2nccn3nc(-c4ccccc4)cc23)CC1. The standard InChI is InChI=1S/C25H24ClN5O/c26-21-8-4-5-18(15-21)17-28-25(32)20-9-12-30(13-10-20)24-23-16-22(19-6-2-1-3-7-19)29-31(23)14-11-27-24/h1-8,11,14-16,20H,9-10,12-13,17H2,(H,28,32). The maximum atomic E-state index is 12.7. The van der Waals surface area contributed by atoms with Crippen LogP contribution in [0.25, 0.3) is 16.8 Å². The molecule has 0 atom stereocenters. The Hall–Kier alpha value is -3.38. The van der Waals surface area contributed by atoms with Gasteiger partial charge in [0.05, 0.1) is 5.69 Å². The lowest BCUT2D eigenvalue weighted by Crippen LogP contribution is -2.40. The second kappa shape index (κ2) is 9.01. The molecule has 1 saturated heterocycles. The van der Waals surface area contributed by atoms with Gasteiger partial charge < -0.3 is 10.2 Å². The first kappa shape index (κ1) is 20.5. The number of rotatable bonds is 5. The van der Waals surface area contributed by atoms with E-state index in [2.05, 4.69) is 33.4 Å². The van der Waals surface area contributed by atoms with Crippen molar-refractivity contribution in [2.24, 2.45) is 5.92 Å². The molecule has 0 saturated carbocycles. The van der Waals surface area contributed by atoms with Gasteiger partial charge in [0, 0.05) is 48.5 Å². The average molecular weight is 446 g/mol. The van der Waals surface area contributed by atoms with Gasteiger partial charge in [-0.15, -0.1) is 0 Å². The molecule has 0 radical (unpaired) electrons. The van der Waals surface area contributed by atoms with Gasteiger partial charge in [0.2, 0.25) is 5.91 Å². The fraction of sp³-hybridized carbons (Fsp3) is 0.240. The molecule has 7 heteroatoms. The van der Waals surface area contributed by atoms with Crippen LogP contribution in [-0.4, -0.2) is 33.6 Å². The van der Waals surface area contributed by atoms with Crippen LogP contribution in [0.3, 0.4) is 0 Å². The van der Waals surface area contributed by atoms with Crippen molar-refractivity contribution in [2.75, 3.05) is 18.0 Å². The molecule has 1 fully saturated rings. The third kappa shape index (κ3) is 4.32. The van der Waals surface area contributed by atoms with Gasteiger partial charge in [0.25, 0.3) is 0 Å². The minimum Gasteiger partial charge on any atom is -0.355 e. The molecule has 4 aromatic rings. The highest BCUT2D eigenvalue weighted by molar-refractivity contribution is 6.30. The number of anilines is 1. The Balaban J connectivity index is 1.25. The van der Waals surface area contributed by atoms with Crippen LogP contribution >= 0.6 is 11.6 Å². The summed E-state index contributed by atoms with van der Waals surface area (Å²) >= 11 is 6.03. The molecule has 0 unspecified atom stereocenters. The zero-order chi connectivity index (χ0) is 21.9. The van der Waals surface area contributed by atoms with E-state index in [1.54, 1.807) is 6.20 Å². The highest BCUT2D eigenvalue weighted by atomic mass is 35.5. The predicted molar refractivity (Wildman–Crippen MR) is 127 cm³/mol. The number of hydrogen-bond acceptors (Lipinski definition) is 4. The van der Waals surface area contributed by atoms with Gasteiger partial charge in [-0.05, 0) is 36.6 Å². The Labute approximate surface area is 191 Å². The van der Waals surface area contributed by atoms with E-state index < -0.39 is 0 Å². The number of nitrogens with zero attached hydrogens (tertiary/aromatic N) is 4. The monoisotopic (exact) mass is 445 g/mol. The van der Waals surface area contributed by atoms with Crippen molar-refractivity contribution in [1.29, 1.82) is 0 Å². The molecule has 0 bridgehead atoms. The number of benzene rings is 2. The smallest absolute Gasteiger partial charge is 0.223 e. The first-order valence-electron chi connectivity index (χ1n) is 10.8. The summed E-state index contributed by atoms with van der Waals surface area (Å²) in [7, 11) is 0. The highest BCUT2D eigenvalue weighted by Crippen LogP contribution is 2.28. The number of fused-ring (bicyclic) bond motifs is 1. The first-order chi connectivity index (χ1) is 15.7. The molecule has 6 nitrogen and oxygen atoms in total. The fourth-order valence-corrected chi connectivity index (χ4v) is 4.45. The topological polar surface area (TPSA) is 62.5 Å². The van der Waals surface area contributed by atoms with Crippen LogP contribution < -0.4 is 10.2 Å². The Bertz CT molecular complexity index is 1230. The molecule has 32 heavy (non-hydrogen) atoms. The molecule has 1 amide bonds. The number of piperidine rings is 1. The summed E-state index contributed by atoms with van der Waals surface area (Å²) in [5, 5.41) is 8.46. The fourth-order valence-electron chi connectivity index (χ4n) is 4.24. The van der Waals surface area contributed by atoms with E-state index in [-0.39, 0.29) is 11.8 Å². The second-order valence-corrected chi connectivity index (χ2v) is 8.52. The van der Waals surface area contributed by atoms with E-state index in [0.29, 0.717) is 11.6 Å². The first-order valence-corrected chi connectivity index (χ1v) is 11.2. The minimum absolute atomic E-state index is 0.00922. The maximum Gasteiger partial charge on any atom is 0.223 e. The Morgan fingerprint density at radius 1 is 1.06 bits per heavy atom. The summed E-state index contributed by atoms with van der Waals surface area (Å²) in [5.41, 5.74) is 4.00. The molecule has 2 aromatic carbocycles. The van der Waals surface area contributed by atoms with Crippen LogP contribution in [0.1, 0.15) is 18.4 Å². The quantitative estimate of drug-likeness (QED) is 0.488. The summed E-state index contributed by atoms with van der Waals surface area (Å²) in [6.07, 6.45) is 5.25. The molecule has 0 spiro atoms. The van der Waals surface area contributed by atoms with Gasteiger partial charge in [-0.25, -0.2) is 9.50 Å². The zero-order valence-electron chi connectivity index (χ0n) is 17.6. The number of amides is 1. The van der Waals surface area contributed by atoms with Gasteiger partial charge in [-0.1, -0.05) is 54.1 Å². The number of halogens is 1. The molecule has 5 rings (SSSR count). The summed E-state index contributed by atoms with van der Waals surface area (Å²) < 4.78 is 1.88. The molecular weight excluding hydrogens is 422 g/mol. The Morgan fingerprint density at radius 2 is 1.88 bits per heavy atom. The van der Waals surface area contributed by atoms with Crippen LogP contribution in [0.2, 0.25) is 5.02 Å². The molecule has 1 aliphatic heterocycles. The van der Waals surface area contributed by atoms with Crippen molar-refractivity contribution < 1.29 is 4.79 Å². The molecule has 162 valence electrons. The third-order valence-corrected chi connectivity index (χ3v) is 6.20. The van der Waals surface area contributed by atoms with Crippen molar-refractivity contribution in [3.05, 3.63) is 83.6 Å². The number of nitrogens with one attached hydrogen (secondary N) is 1. The summed E-state index contributed by atoms with van der Waals surface area (Å²) in [6, 6.07) is 19.8. The van der Waals surface area contributed by atoms with E-state index in [4.69, 9.17) is 16.7 Å². The van der Waals surface area contributed by atoms with Gasteiger partial charge in [0.15, 0.2) is 5.82 Å². The summed E-state index contributed by atoms with van der Waals surface area (Å²) in [6.45, 7) is 2.07. The van der Waals surface area contributed by atoms with Gasteiger partial charge in [-0.3, -0.25) is 4.79 Å². The molecule has 1 N–H and O–H groups in total. The van der Waals surface area contributed by atoms with E-state index in [1.807, 2.05) is 53.2 Å². The largest absolute Gasteiger partial charge is 0.355 e. The van der Waals surface area contributed by atoms with Crippen molar-refractivity contribution in [3.8, 4) is 11.3 Å². The van der Waals surface area contributed by atoms with Crippen molar-refractivity contribution in [1.82, 2.24) is 19.9 Å². The zero-order valence-corrected chi connectivity index (χ0v) is 18.4. The van der Waals surface area contributed by atoms with Crippen molar-refractivity contribution in [3.63, 3.8) is 0 Å². The van der Waals surface area contributed by atoms with E-state index >= 15 is 0 Å². The number of aromatic nitrogens is 3. The molecule has 2 aromatic heterocycles. The Kier molecular flexibility index (Phi) is 5.77. The molecular formula is C25H24ClN5O. The predicted octanol–water partition coefficient (Wildman–Crippen LogP) is 4.58. The number of hydrogen-bond donors (Lipinski definition) is 1. The van der Waals surface area contributed by atoms with Gasteiger partial charge >= 0.3 is 0 Å². The van der Waals surface area contributed by atoms with Crippen molar-refractivity contribution in [2.45, 2.75) is 19.4 Å². The van der Waals surface area contributed by atoms with Crippen LogP contribution in [0.4, 0.5) is 5.82 Å².